The summed E-state index contributed by atoms with van der Waals surface area (Å²) in [5, 5.41) is 4.27. The fourth-order valence-corrected chi connectivity index (χ4v) is 2.97. The van der Waals surface area contributed by atoms with Gasteiger partial charge in [0, 0.05) is 37.2 Å². The Morgan fingerprint density at radius 2 is 1.70 bits per heavy atom. The van der Waals surface area contributed by atoms with Gasteiger partial charge in [-0.05, 0) is 30.0 Å². The van der Waals surface area contributed by atoms with Crippen molar-refractivity contribution in [1.29, 1.82) is 0 Å². The monoisotopic (exact) mass is 336 g/mol. The molecule has 1 aromatic carbocycles. The van der Waals surface area contributed by atoms with Gasteiger partial charge in [-0.3, -0.25) is 4.90 Å². The molecule has 1 saturated heterocycles. The molecule has 0 bridgehead atoms. The van der Waals surface area contributed by atoms with Gasteiger partial charge in [0.05, 0.1) is 0 Å². The topological polar surface area (TPSA) is 15.3 Å². The first kappa shape index (κ1) is 18.1. The third-order valence-corrected chi connectivity index (χ3v) is 4.35. The van der Waals surface area contributed by atoms with Gasteiger partial charge >= 0.3 is 0 Å². The summed E-state index contributed by atoms with van der Waals surface area (Å²) in [6.07, 6.45) is 4.17. The molecule has 0 unspecified atom stereocenters. The normalized spacial score (nSPS) is 20.6. The third-order valence-electron chi connectivity index (χ3n) is 4.10. The van der Waals surface area contributed by atoms with Crippen molar-refractivity contribution < 1.29 is 0 Å². The average Bonchev–Trinajstić information content (AvgIpc) is 3.22. The van der Waals surface area contributed by atoms with Crippen LogP contribution in [0.1, 0.15) is 30.9 Å². The number of hydrogen-bond acceptors (Lipinski definition) is 2. The van der Waals surface area contributed by atoms with Gasteiger partial charge < -0.3 is 5.32 Å². The summed E-state index contributed by atoms with van der Waals surface area (Å²) in [5.74, 6) is 0.959. The van der Waals surface area contributed by atoms with E-state index < -0.39 is 0 Å². The van der Waals surface area contributed by atoms with Crippen molar-refractivity contribution in [3.63, 3.8) is 0 Å². The van der Waals surface area contributed by atoms with E-state index in [1.165, 1.54) is 37.9 Å². The van der Waals surface area contributed by atoms with Crippen LogP contribution in [0.5, 0.6) is 0 Å². The maximum atomic E-state index is 6.00. The summed E-state index contributed by atoms with van der Waals surface area (Å²) in [6, 6.07) is 9.06. The van der Waals surface area contributed by atoms with Crippen molar-refractivity contribution in [3.05, 3.63) is 34.9 Å². The Morgan fingerprint density at radius 3 is 2.25 bits per heavy atom. The first-order valence-corrected chi connectivity index (χ1v) is 7.41. The maximum absolute atomic E-state index is 6.00. The van der Waals surface area contributed by atoms with Gasteiger partial charge in [0.1, 0.15) is 0 Å². The molecule has 5 heteroatoms. The number of piperazine rings is 1. The van der Waals surface area contributed by atoms with E-state index in [0.717, 1.165) is 24.0 Å². The second-order valence-corrected chi connectivity index (χ2v) is 5.97. The second-order valence-electron chi connectivity index (χ2n) is 5.53. The van der Waals surface area contributed by atoms with E-state index in [4.69, 9.17) is 11.6 Å². The van der Waals surface area contributed by atoms with Crippen LogP contribution in [-0.4, -0.2) is 31.1 Å². The Labute approximate surface area is 139 Å². The Kier molecular flexibility index (Phi) is 7.63. The second kappa shape index (κ2) is 8.45. The van der Waals surface area contributed by atoms with Crippen LogP contribution in [0.15, 0.2) is 24.3 Å². The number of nitrogens with one attached hydrogen (secondary N) is 1. The molecule has 3 rings (SSSR count). The summed E-state index contributed by atoms with van der Waals surface area (Å²) in [7, 11) is 0. The van der Waals surface area contributed by atoms with Crippen molar-refractivity contribution in [2.24, 2.45) is 5.92 Å². The van der Waals surface area contributed by atoms with Crippen LogP contribution in [0.3, 0.4) is 0 Å². The summed E-state index contributed by atoms with van der Waals surface area (Å²) < 4.78 is 0. The molecule has 2 nitrogen and oxygen atoms in total. The zero-order chi connectivity index (χ0) is 12.4. The predicted octanol–water partition coefficient (Wildman–Crippen LogP) is 3.93. The molecule has 2 fully saturated rings. The molecule has 0 aromatic heterocycles. The molecule has 0 spiro atoms. The van der Waals surface area contributed by atoms with Gasteiger partial charge in [0.15, 0.2) is 0 Å². The van der Waals surface area contributed by atoms with Gasteiger partial charge in [-0.2, -0.15) is 0 Å². The molecule has 1 atom stereocenters. The minimum atomic E-state index is 0. The Balaban J connectivity index is 0.000001000. The number of rotatable bonds is 4. The molecule has 1 heterocycles. The molecule has 114 valence electrons. The molecule has 2 aliphatic rings. The largest absolute Gasteiger partial charge is 0.314 e. The van der Waals surface area contributed by atoms with Crippen molar-refractivity contribution in [2.75, 3.05) is 26.2 Å². The standard InChI is InChI=1S/C15H21ClN2.2ClH/c16-14-5-3-13(4-6-14)15(11-12-1-2-12)18-9-7-17-8-10-18;;/h3-6,12,15,17H,1-2,7-11H2;2*1H/t15-;;/m1../s1. The van der Waals surface area contributed by atoms with E-state index in [1.807, 2.05) is 12.1 Å². The first-order chi connectivity index (χ1) is 8.83. The van der Waals surface area contributed by atoms with Gasteiger partial charge in [0.2, 0.25) is 0 Å². The lowest BCUT2D eigenvalue weighted by atomic mass is 9.99. The number of benzene rings is 1. The van der Waals surface area contributed by atoms with E-state index >= 15 is 0 Å². The minimum Gasteiger partial charge on any atom is -0.314 e. The number of nitrogens with zero attached hydrogens (tertiary/aromatic N) is 1. The lowest BCUT2D eigenvalue weighted by Gasteiger charge is -2.35. The summed E-state index contributed by atoms with van der Waals surface area (Å²) in [5.41, 5.74) is 1.44. The number of halogens is 3. The van der Waals surface area contributed by atoms with E-state index in [9.17, 15) is 0 Å². The van der Waals surface area contributed by atoms with E-state index in [1.54, 1.807) is 0 Å². The predicted molar refractivity (Wildman–Crippen MR) is 90.5 cm³/mol. The minimum absolute atomic E-state index is 0. The molecule has 1 aliphatic carbocycles. The molecule has 0 radical (unpaired) electrons. The van der Waals surface area contributed by atoms with E-state index in [-0.39, 0.29) is 24.8 Å². The van der Waals surface area contributed by atoms with Crippen molar-refractivity contribution in [2.45, 2.75) is 25.3 Å². The van der Waals surface area contributed by atoms with Crippen molar-refractivity contribution >= 4 is 36.4 Å². The third kappa shape index (κ3) is 4.78. The van der Waals surface area contributed by atoms with E-state index in [0.29, 0.717) is 6.04 Å². The smallest absolute Gasteiger partial charge is 0.0406 e. The SMILES string of the molecule is Cl.Cl.Clc1ccc([C@@H](CC2CC2)N2CCNCC2)cc1. The average molecular weight is 338 g/mol. The first-order valence-electron chi connectivity index (χ1n) is 7.03. The van der Waals surface area contributed by atoms with Gasteiger partial charge in [-0.1, -0.05) is 36.6 Å². The van der Waals surface area contributed by atoms with Crippen LogP contribution in [-0.2, 0) is 0 Å². The molecular formula is C15H23Cl3N2. The Hall–Kier alpha value is 0.01000. The highest BCUT2D eigenvalue weighted by molar-refractivity contribution is 6.30. The summed E-state index contributed by atoms with van der Waals surface area (Å²) >= 11 is 6.00. The maximum Gasteiger partial charge on any atom is 0.0406 e. The van der Waals surface area contributed by atoms with Crippen LogP contribution in [0.4, 0.5) is 0 Å². The molecule has 0 amide bonds. The van der Waals surface area contributed by atoms with Crippen LogP contribution in [0, 0.1) is 5.92 Å². The quantitative estimate of drug-likeness (QED) is 0.895. The molecule has 1 saturated carbocycles. The van der Waals surface area contributed by atoms with Gasteiger partial charge in [-0.25, -0.2) is 0 Å². The lowest BCUT2D eigenvalue weighted by molar-refractivity contribution is 0.160. The zero-order valence-corrected chi connectivity index (χ0v) is 13.9. The van der Waals surface area contributed by atoms with Crippen molar-refractivity contribution in [3.8, 4) is 0 Å². The molecule has 1 N–H and O–H groups in total. The van der Waals surface area contributed by atoms with Crippen LogP contribution in [0.2, 0.25) is 5.02 Å². The van der Waals surface area contributed by atoms with Crippen molar-refractivity contribution in [1.82, 2.24) is 10.2 Å². The molecule has 1 aromatic rings. The van der Waals surface area contributed by atoms with Crippen LogP contribution >= 0.6 is 36.4 Å². The van der Waals surface area contributed by atoms with Crippen LogP contribution < -0.4 is 5.32 Å². The van der Waals surface area contributed by atoms with Gasteiger partial charge in [-0.15, -0.1) is 24.8 Å². The van der Waals surface area contributed by atoms with Gasteiger partial charge in [0.25, 0.3) is 0 Å². The highest BCUT2D eigenvalue weighted by Gasteiger charge is 2.30. The van der Waals surface area contributed by atoms with Crippen LogP contribution in [0.25, 0.3) is 0 Å². The Bertz CT molecular complexity index is 387. The fourth-order valence-electron chi connectivity index (χ4n) is 2.84. The molecule has 1 aliphatic heterocycles. The zero-order valence-electron chi connectivity index (χ0n) is 11.6. The Morgan fingerprint density at radius 1 is 1.10 bits per heavy atom. The summed E-state index contributed by atoms with van der Waals surface area (Å²) in [6.45, 7) is 4.57. The lowest BCUT2D eigenvalue weighted by Crippen LogP contribution is -2.45. The molecular weight excluding hydrogens is 315 g/mol. The fraction of sp³-hybridized carbons (Fsp3) is 0.600. The highest BCUT2D eigenvalue weighted by Crippen LogP contribution is 2.40. The molecule has 20 heavy (non-hydrogen) atoms. The number of hydrogen-bond donors (Lipinski definition) is 1. The van der Waals surface area contributed by atoms with E-state index in [2.05, 4.69) is 22.3 Å². The highest BCUT2D eigenvalue weighted by atomic mass is 35.5. The summed E-state index contributed by atoms with van der Waals surface area (Å²) in [4.78, 5) is 2.64.